The fourth-order valence-electron chi connectivity index (χ4n) is 1.59. The van der Waals surface area contributed by atoms with Crippen LogP contribution in [0.15, 0.2) is 17.3 Å². The molecule has 0 aromatic carbocycles. The molecule has 0 atom stereocenters. The van der Waals surface area contributed by atoms with Crippen LogP contribution in [0.3, 0.4) is 0 Å². The van der Waals surface area contributed by atoms with Crippen molar-refractivity contribution in [3.63, 3.8) is 0 Å². The molecule has 0 aliphatic rings. The first kappa shape index (κ1) is 11.9. The second kappa shape index (κ2) is 4.37. The number of aromatic nitrogens is 3. The molecule has 0 saturated carbocycles. The summed E-state index contributed by atoms with van der Waals surface area (Å²) in [5.41, 5.74) is 0.947. The van der Waals surface area contributed by atoms with Gasteiger partial charge < -0.3 is 5.11 Å². The zero-order valence-electron chi connectivity index (χ0n) is 9.84. The van der Waals surface area contributed by atoms with E-state index in [0.717, 1.165) is 10.3 Å². The molecule has 5 nitrogen and oxygen atoms in total. The van der Waals surface area contributed by atoms with Gasteiger partial charge >= 0.3 is 5.97 Å². The molecule has 0 saturated heterocycles. The number of fused-ring (bicyclic) bond motifs is 1. The second-order valence-corrected chi connectivity index (χ2v) is 5.56. The van der Waals surface area contributed by atoms with Crippen LogP contribution in [-0.4, -0.2) is 31.1 Å². The van der Waals surface area contributed by atoms with E-state index in [9.17, 15) is 4.79 Å². The minimum absolute atomic E-state index is 0.240. The third-order valence-electron chi connectivity index (χ3n) is 2.30. The molecule has 0 spiro atoms. The van der Waals surface area contributed by atoms with Crippen molar-refractivity contribution < 1.29 is 9.90 Å². The Hall–Kier alpha value is -1.56. The topological polar surface area (TPSA) is 68.0 Å². The Morgan fingerprint density at radius 2 is 2.18 bits per heavy atom. The Morgan fingerprint density at radius 3 is 2.76 bits per heavy atom. The monoisotopic (exact) mass is 251 g/mol. The van der Waals surface area contributed by atoms with Gasteiger partial charge in [-0.3, -0.25) is 4.68 Å². The van der Waals surface area contributed by atoms with E-state index >= 15 is 0 Å². The molecule has 0 unspecified atom stereocenters. The third-order valence-corrected chi connectivity index (χ3v) is 3.44. The molecule has 0 aliphatic heterocycles. The van der Waals surface area contributed by atoms with Crippen LogP contribution in [0, 0.1) is 0 Å². The van der Waals surface area contributed by atoms with Gasteiger partial charge in [-0.25, -0.2) is 9.78 Å². The van der Waals surface area contributed by atoms with Crippen molar-refractivity contribution in [2.24, 2.45) is 7.05 Å². The van der Waals surface area contributed by atoms with Crippen LogP contribution in [0.25, 0.3) is 11.0 Å². The van der Waals surface area contributed by atoms with Crippen LogP contribution in [0.4, 0.5) is 0 Å². The molecule has 2 aromatic heterocycles. The van der Waals surface area contributed by atoms with Gasteiger partial charge in [0.2, 0.25) is 0 Å². The highest BCUT2D eigenvalue weighted by Gasteiger charge is 2.18. The Balaban J connectivity index is 2.70. The van der Waals surface area contributed by atoms with Gasteiger partial charge in [0.1, 0.15) is 0 Å². The zero-order chi connectivity index (χ0) is 12.6. The van der Waals surface area contributed by atoms with Gasteiger partial charge in [-0.2, -0.15) is 5.10 Å². The molecular formula is C11H13N3O2S. The molecule has 2 aromatic rings. The van der Waals surface area contributed by atoms with Gasteiger partial charge in [0.25, 0.3) is 0 Å². The van der Waals surface area contributed by atoms with Crippen LogP contribution < -0.4 is 0 Å². The number of hydrogen-bond acceptors (Lipinski definition) is 4. The van der Waals surface area contributed by atoms with E-state index in [1.54, 1.807) is 17.9 Å². The predicted octanol–water partition coefficient (Wildman–Crippen LogP) is 2.17. The van der Waals surface area contributed by atoms with Crippen molar-refractivity contribution in [3.05, 3.63) is 18.0 Å². The largest absolute Gasteiger partial charge is 0.478 e. The minimum Gasteiger partial charge on any atom is -0.478 e. The van der Waals surface area contributed by atoms with Crippen LogP contribution in [0.2, 0.25) is 0 Å². The van der Waals surface area contributed by atoms with E-state index in [0.29, 0.717) is 10.9 Å². The van der Waals surface area contributed by atoms with Crippen molar-refractivity contribution >= 4 is 28.8 Å². The normalized spacial score (nSPS) is 11.3. The van der Waals surface area contributed by atoms with Gasteiger partial charge in [-0.1, -0.05) is 13.8 Å². The molecule has 0 bridgehead atoms. The molecule has 90 valence electrons. The first-order valence-electron chi connectivity index (χ1n) is 5.21. The number of pyridine rings is 1. The summed E-state index contributed by atoms with van der Waals surface area (Å²) in [5.74, 6) is -0.952. The molecule has 17 heavy (non-hydrogen) atoms. The third kappa shape index (κ3) is 2.12. The number of rotatable bonds is 3. The number of carboxylic acid groups (broad SMARTS) is 1. The van der Waals surface area contributed by atoms with E-state index in [1.165, 1.54) is 18.0 Å². The smallest absolute Gasteiger partial charge is 0.338 e. The lowest BCUT2D eigenvalue weighted by Gasteiger charge is -2.09. The van der Waals surface area contributed by atoms with Crippen molar-refractivity contribution in [1.29, 1.82) is 0 Å². The highest BCUT2D eigenvalue weighted by molar-refractivity contribution is 8.00. The quantitative estimate of drug-likeness (QED) is 0.847. The summed E-state index contributed by atoms with van der Waals surface area (Å²) in [6.07, 6.45) is 3.07. The highest BCUT2D eigenvalue weighted by Crippen LogP contribution is 2.32. The SMILES string of the molecule is CC(C)Sc1c(C(=O)O)cnc2c1cnn2C. The maximum Gasteiger partial charge on any atom is 0.338 e. The lowest BCUT2D eigenvalue weighted by molar-refractivity contribution is 0.0693. The molecular weight excluding hydrogens is 238 g/mol. The van der Waals surface area contributed by atoms with Gasteiger partial charge in [0, 0.05) is 23.4 Å². The van der Waals surface area contributed by atoms with Crippen LogP contribution in [0.5, 0.6) is 0 Å². The number of hydrogen-bond donors (Lipinski definition) is 1. The molecule has 0 aliphatic carbocycles. The number of thioether (sulfide) groups is 1. The molecule has 2 heterocycles. The summed E-state index contributed by atoms with van der Waals surface area (Å²) in [6.45, 7) is 4.05. The van der Waals surface area contributed by atoms with E-state index in [-0.39, 0.29) is 5.56 Å². The molecule has 0 fully saturated rings. The van der Waals surface area contributed by atoms with Gasteiger partial charge in [-0.05, 0) is 0 Å². The van der Waals surface area contributed by atoms with E-state index in [2.05, 4.69) is 10.1 Å². The molecule has 0 amide bonds. The number of carbonyl (C=O) groups is 1. The summed E-state index contributed by atoms with van der Waals surface area (Å²) in [7, 11) is 1.79. The Bertz CT molecular complexity index is 577. The number of aromatic carboxylic acids is 1. The zero-order valence-corrected chi connectivity index (χ0v) is 10.7. The van der Waals surface area contributed by atoms with Crippen molar-refractivity contribution in [3.8, 4) is 0 Å². The van der Waals surface area contributed by atoms with E-state index < -0.39 is 5.97 Å². The van der Waals surface area contributed by atoms with Gasteiger partial charge in [-0.15, -0.1) is 11.8 Å². The lowest BCUT2D eigenvalue weighted by atomic mass is 10.2. The first-order valence-corrected chi connectivity index (χ1v) is 6.09. The van der Waals surface area contributed by atoms with Crippen LogP contribution >= 0.6 is 11.8 Å². The maximum atomic E-state index is 11.2. The van der Waals surface area contributed by atoms with Crippen molar-refractivity contribution in [2.75, 3.05) is 0 Å². The standard InChI is InChI=1S/C11H13N3O2S/c1-6(2)17-9-7-5-13-14(3)10(7)12-4-8(9)11(15)16/h4-6H,1-3H3,(H,15,16). The lowest BCUT2D eigenvalue weighted by Crippen LogP contribution is -2.03. The van der Waals surface area contributed by atoms with Gasteiger partial charge in [0.05, 0.1) is 17.1 Å². The fraction of sp³-hybridized carbons (Fsp3) is 0.364. The fourth-order valence-corrected chi connectivity index (χ4v) is 2.60. The molecule has 6 heteroatoms. The van der Waals surface area contributed by atoms with Gasteiger partial charge in [0.15, 0.2) is 5.65 Å². The second-order valence-electron chi connectivity index (χ2n) is 3.98. The Morgan fingerprint density at radius 1 is 1.47 bits per heavy atom. The minimum atomic E-state index is -0.952. The summed E-state index contributed by atoms with van der Waals surface area (Å²) in [6, 6.07) is 0. The predicted molar refractivity (Wildman–Crippen MR) is 66.5 cm³/mol. The van der Waals surface area contributed by atoms with Crippen LogP contribution in [0.1, 0.15) is 24.2 Å². The average molecular weight is 251 g/mol. The first-order chi connectivity index (χ1) is 8.00. The maximum absolute atomic E-state index is 11.2. The Labute approximate surface area is 103 Å². The van der Waals surface area contributed by atoms with E-state index in [1.807, 2.05) is 13.8 Å². The summed E-state index contributed by atoms with van der Waals surface area (Å²) < 4.78 is 1.64. The average Bonchev–Trinajstić information content (AvgIpc) is 2.60. The number of aryl methyl sites for hydroxylation is 1. The summed E-state index contributed by atoms with van der Waals surface area (Å²) in [4.78, 5) is 16.1. The highest BCUT2D eigenvalue weighted by atomic mass is 32.2. The number of nitrogens with zero attached hydrogens (tertiary/aromatic N) is 3. The van der Waals surface area contributed by atoms with Crippen LogP contribution in [-0.2, 0) is 7.05 Å². The molecule has 1 N–H and O–H groups in total. The summed E-state index contributed by atoms with van der Waals surface area (Å²) in [5, 5.41) is 14.4. The van der Waals surface area contributed by atoms with Crippen molar-refractivity contribution in [1.82, 2.24) is 14.8 Å². The summed E-state index contributed by atoms with van der Waals surface area (Å²) >= 11 is 1.52. The molecule has 0 radical (unpaired) electrons. The number of carboxylic acids is 1. The van der Waals surface area contributed by atoms with E-state index in [4.69, 9.17) is 5.11 Å². The Kier molecular flexibility index (Phi) is 3.06. The molecule has 2 rings (SSSR count). The van der Waals surface area contributed by atoms with Crippen molar-refractivity contribution in [2.45, 2.75) is 24.0 Å².